The zero-order valence-electron chi connectivity index (χ0n) is 12.3. The molecule has 2 rings (SSSR count). The molecule has 0 aliphatic heterocycles. The minimum absolute atomic E-state index is 0.0929. The van der Waals surface area contributed by atoms with Gasteiger partial charge >= 0.3 is 0 Å². The van der Waals surface area contributed by atoms with Crippen molar-refractivity contribution in [1.82, 2.24) is 10.6 Å². The first-order chi connectivity index (χ1) is 10.7. The highest BCUT2D eigenvalue weighted by atomic mass is 16.6. The van der Waals surface area contributed by atoms with Crippen LogP contribution in [-0.4, -0.2) is 17.9 Å². The van der Waals surface area contributed by atoms with Gasteiger partial charge < -0.3 is 10.6 Å². The van der Waals surface area contributed by atoms with Gasteiger partial charge in [0.2, 0.25) is 0 Å². The van der Waals surface area contributed by atoms with Crippen molar-refractivity contribution >= 4 is 11.6 Å². The molecule has 0 spiro atoms. The third kappa shape index (κ3) is 4.59. The van der Waals surface area contributed by atoms with E-state index in [1.54, 1.807) is 19.2 Å². The SMILES string of the molecule is CN=C(NCc1ccccc1)NCc1ccc([N+](=O)[O-])cc1. The monoisotopic (exact) mass is 298 g/mol. The maximum absolute atomic E-state index is 10.6. The minimum Gasteiger partial charge on any atom is -0.352 e. The van der Waals surface area contributed by atoms with Crippen LogP contribution < -0.4 is 10.6 Å². The van der Waals surface area contributed by atoms with Gasteiger partial charge in [0.1, 0.15) is 0 Å². The lowest BCUT2D eigenvalue weighted by molar-refractivity contribution is -0.384. The summed E-state index contributed by atoms with van der Waals surface area (Å²) in [5.74, 6) is 0.683. The average molecular weight is 298 g/mol. The Morgan fingerprint density at radius 2 is 1.55 bits per heavy atom. The Labute approximate surface area is 129 Å². The van der Waals surface area contributed by atoms with Crippen LogP contribution in [0.15, 0.2) is 59.6 Å². The first kappa shape index (κ1) is 15.5. The number of guanidine groups is 1. The topological polar surface area (TPSA) is 79.6 Å². The van der Waals surface area contributed by atoms with Crippen LogP contribution in [0, 0.1) is 10.1 Å². The molecule has 0 amide bonds. The Hall–Kier alpha value is -2.89. The summed E-state index contributed by atoms with van der Waals surface area (Å²) in [6, 6.07) is 16.5. The number of rotatable bonds is 5. The van der Waals surface area contributed by atoms with Gasteiger partial charge in [0.25, 0.3) is 5.69 Å². The summed E-state index contributed by atoms with van der Waals surface area (Å²) < 4.78 is 0. The quantitative estimate of drug-likeness (QED) is 0.384. The molecule has 0 atom stereocenters. The molecule has 0 saturated carbocycles. The molecule has 0 bridgehead atoms. The van der Waals surface area contributed by atoms with E-state index in [0.717, 1.165) is 5.56 Å². The lowest BCUT2D eigenvalue weighted by Crippen LogP contribution is -2.36. The van der Waals surface area contributed by atoms with Gasteiger partial charge in [0, 0.05) is 32.3 Å². The van der Waals surface area contributed by atoms with Crippen molar-refractivity contribution in [3.05, 3.63) is 75.8 Å². The number of aliphatic imine (C=N–C) groups is 1. The van der Waals surface area contributed by atoms with E-state index in [-0.39, 0.29) is 5.69 Å². The number of nitrogens with zero attached hydrogens (tertiary/aromatic N) is 2. The number of nitro groups is 1. The van der Waals surface area contributed by atoms with Crippen LogP contribution in [0.3, 0.4) is 0 Å². The molecule has 0 saturated heterocycles. The standard InChI is InChI=1S/C16H18N4O2/c1-17-16(18-11-13-5-3-2-4-6-13)19-12-14-7-9-15(10-8-14)20(21)22/h2-10H,11-12H2,1H3,(H2,17,18,19). The molecule has 0 fully saturated rings. The van der Waals surface area contributed by atoms with Crippen molar-refractivity contribution in [2.75, 3.05) is 7.05 Å². The lowest BCUT2D eigenvalue weighted by Gasteiger charge is -2.12. The van der Waals surface area contributed by atoms with Gasteiger partial charge in [-0.2, -0.15) is 0 Å². The van der Waals surface area contributed by atoms with Gasteiger partial charge in [-0.25, -0.2) is 0 Å². The summed E-state index contributed by atoms with van der Waals surface area (Å²) in [6.07, 6.45) is 0. The molecule has 0 aliphatic rings. The van der Waals surface area contributed by atoms with Crippen LogP contribution in [0.25, 0.3) is 0 Å². The van der Waals surface area contributed by atoms with Crippen molar-refractivity contribution in [3.63, 3.8) is 0 Å². The molecule has 6 nitrogen and oxygen atoms in total. The zero-order chi connectivity index (χ0) is 15.8. The highest BCUT2D eigenvalue weighted by Crippen LogP contribution is 2.11. The van der Waals surface area contributed by atoms with Crippen LogP contribution in [0.1, 0.15) is 11.1 Å². The molecular weight excluding hydrogens is 280 g/mol. The molecular formula is C16H18N4O2. The van der Waals surface area contributed by atoms with Crippen molar-refractivity contribution in [1.29, 1.82) is 0 Å². The van der Waals surface area contributed by atoms with Gasteiger partial charge in [-0.15, -0.1) is 0 Å². The van der Waals surface area contributed by atoms with E-state index in [1.807, 2.05) is 30.3 Å². The molecule has 2 N–H and O–H groups in total. The van der Waals surface area contributed by atoms with E-state index in [1.165, 1.54) is 17.7 Å². The van der Waals surface area contributed by atoms with Gasteiger partial charge in [-0.3, -0.25) is 15.1 Å². The van der Waals surface area contributed by atoms with Crippen molar-refractivity contribution in [3.8, 4) is 0 Å². The summed E-state index contributed by atoms with van der Waals surface area (Å²) in [7, 11) is 1.70. The van der Waals surface area contributed by atoms with E-state index >= 15 is 0 Å². The third-order valence-electron chi connectivity index (χ3n) is 3.13. The summed E-state index contributed by atoms with van der Waals surface area (Å²) in [6.45, 7) is 1.23. The number of benzene rings is 2. The predicted octanol–water partition coefficient (Wildman–Crippen LogP) is 2.46. The van der Waals surface area contributed by atoms with E-state index < -0.39 is 4.92 Å². The Morgan fingerprint density at radius 1 is 1.00 bits per heavy atom. The van der Waals surface area contributed by atoms with Crippen molar-refractivity contribution in [2.24, 2.45) is 4.99 Å². The second kappa shape index (κ2) is 7.78. The van der Waals surface area contributed by atoms with E-state index in [9.17, 15) is 10.1 Å². The fourth-order valence-corrected chi connectivity index (χ4v) is 1.92. The number of non-ortho nitro benzene ring substituents is 1. The maximum Gasteiger partial charge on any atom is 0.269 e. The predicted molar refractivity (Wildman–Crippen MR) is 86.6 cm³/mol. The molecule has 6 heteroatoms. The molecule has 0 radical (unpaired) electrons. The molecule has 2 aromatic carbocycles. The summed E-state index contributed by atoms with van der Waals surface area (Å²) >= 11 is 0. The Bertz CT molecular complexity index is 639. The maximum atomic E-state index is 10.6. The Morgan fingerprint density at radius 3 is 2.05 bits per heavy atom. The first-order valence-electron chi connectivity index (χ1n) is 6.91. The van der Waals surface area contributed by atoms with Gasteiger partial charge in [-0.05, 0) is 11.1 Å². The Kier molecular flexibility index (Phi) is 5.48. The van der Waals surface area contributed by atoms with Crippen molar-refractivity contribution in [2.45, 2.75) is 13.1 Å². The second-order valence-corrected chi connectivity index (χ2v) is 4.69. The fraction of sp³-hybridized carbons (Fsp3) is 0.188. The molecule has 0 aliphatic carbocycles. The van der Waals surface area contributed by atoms with Crippen LogP contribution in [-0.2, 0) is 13.1 Å². The molecule has 0 heterocycles. The first-order valence-corrected chi connectivity index (χ1v) is 6.91. The summed E-state index contributed by atoms with van der Waals surface area (Å²) in [5.41, 5.74) is 2.21. The van der Waals surface area contributed by atoms with Gasteiger partial charge in [0.05, 0.1) is 4.92 Å². The van der Waals surface area contributed by atoms with E-state index in [0.29, 0.717) is 19.0 Å². The summed E-state index contributed by atoms with van der Waals surface area (Å²) in [5, 5.41) is 17.0. The third-order valence-corrected chi connectivity index (χ3v) is 3.13. The number of nitro benzene ring substituents is 1. The van der Waals surface area contributed by atoms with E-state index in [4.69, 9.17) is 0 Å². The molecule has 0 unspecified atom stereocenters. The van der Waals surface area contributed by atoms with Gasteiger partial charge in [-0.1, -0.05) is 42.5 Å². The molecule has 22 heavy (non-hydrogen) atoms. The highest BCUT2D eigenvalue weighted by Gasteiger charge is 2.04. The lowest BCUT2D eigenvalue weighted by atomic mass is 10.2. The molecule has 2 aromatic rings. The Balaban J connectivity index is 1.84. The number of hydrogen-bond donors (Lipinski definition) is 2. The van der Waals surface area contributed by atoms with Crippen LogP contribution in [0.5, 0.6) is 0 Å². The second-order valence-electron chi connectivity index (χ2n) is 4.69. The zero-order valence-corrected chi connectivity index (χ0v) is 12.3. The highest BCUT2D eigenvalue weighted by molar-refractivity contribution is 5.79. The summed E-state index contributed by atoms with van der Waals surface area (Å²) in [4.78, 5) is 14.4. The van der Waals surface area contributed by atoms with Crippen LogP contribution in [0.2, 0.25) is 0 Å². The van der Waals surface area contributed by atoms with Gasteiger partial charge in [0.15, 0.2) is 5.96 Å². The largest absolute Gasteiger partial charge is 0.352 e. The normalized spacial score (nSPS) is 11.0. The number of hydrogen-bond acceptors (Lipinski definition) is 3. The van der Waals surface area contributed by atoms with Crippen LogP contribution in [0.4, 0.5) is 5.69 Å². The smallest absolute Gasteiger partial charge is 0.269 e. The van der Waals surface area contributed by atoms with Crippen LogP contribution >= 0.6 is 0 Å². The minimum atomic E-state index is -0.405. The number of nitrogens with one attached hydrogen (secondary N) is 2. The van der Waals surface area contributed by atoms with Crippen molar-refractivity contribution < 1.29 is 4.92 Å². The molecule has 114 valence electrons. The van der Waals surface area contributed by atoms with E-state index in [2.05, 4.69) is 15.6 Å². The molecule has 0 aromatic heterocycles. The average Bonchev–Trinajstić information content (AvgIpc) is 2.56. The fourth-order valence-electron chi connectivity index (χ4n) is 1.92.